The molecule has 0 radical (unpaired) electrons. The Hall–Kier alpha value is -1.73. The second kappa shape index (κ2) is 8.58. The number of nitrogens with one attached hydrogen (secondary N) is 1. The molecule has 0 aliphatic carbocycles. The normalized spacial score (nSPS) is 12.6. The first-order valence-electron chi connectivity index (χ1n) is 7.03. The van der Waals surface area contributed by atoms with Gasteiger partial charge in [-0.05, 0) is 52.1 Å². The lowest BCUT2D eigenvalue weighted by Crippen LogP contribution is -2.31. The molecule has 0 atom stereocenters. The third-order valence-electron chi connectivity index (χ3n) is 3.04. The van der Waals surface area contributed by atoms with E-state index in [0.29, 0.717) is 24.2 Å². The van der Waals surface area contributed by atoms with Crippen LogP contribution < -0.4 is 9.86 Å². The summed E-state index contributed by atoms with van der Waals surface area (Å²) in [6, 6.07) is 4.13. The highest BCUT2D eigenvalue weighted by molar-refractivity contribution is 9.10. The maximum Gasteiger partial charge on any atom is 0.274 e. The Labute approximate surface area is 151 Å². The molecule has 25 heavy (non-hydrogen) atoms. The predicted octanol–water partition coefficient (Wildman–Crippen LogP) is 0.810. The molecule has 1 heterocycles. The van der Waals surface area contributed by atoms with E-state index < -0.39 is 22.6 Å². The predicted molar refractivity (Wildman–Crippen MR) is 91.1 cm³/mol. The van der Waals surface area contributed by atoms with Crippen molar-refractivity contribution in [3.05, 3.63) is 39.9 Å². The molecule has 2 rings (SSSR count). The average molecular weight is 436 g/mol. The maximum absolute atomic E-state index is 13.3. The summed E-state index contributed by atoms with van der Waals surface area (Å²) in [6.45, 7) is -0.326. The summed E-state index contributed by atoms with van der Waals surface area (Å²) in [6.07, 6.45) is 0.714. The molecule has 12 heteroatoms. The van der Waals surface area contributed by atoms with Crippen LogP contribution in [-0.4, -0.2) is 42.7 Å². The second-order valence-corrected chi connectivity index (χ2v) is 7.15. The third-order valence-corrected chi connectivity index (χ3v) is 4.25. The molecule has 4 N–H and O–H groups in total. The molecular formula is C13H15BrFN5O4S. The number of nitrogens with two attached hydrogens (primary N) is 1. The Balaban J connectivity index is 2.14. The van der Waals surface area contributed by atoms with Crippen LogP contribution in [0.2, 0.25) is 0 Å². The molecule has 1 aromatic carbocycles. The SMILES string of the molecule is NS(=O)(=O)NCCCc1nonc1C(CO)=Nc1ccc(F)c(Br)c1. The maximum atomic E-state index is 13.3. The lowest BCUT2D eigenvalue weighted by molar-refractivity contribution is 0.301. The van der Waals surface area contributed by atoms with Gasteiger partial charge in [0, 0.05) is 6.54 Å². The van der Waals surface area contributed by atoms with E-state index in [1.807, 2.05) is 0 Å². The van der Waals surface area contributed by atoms with Gasteiger partial charge in [0.1, 0.15) is 11.5 Å². The van der Waals surface area contributed by atoms with Crippen molar-refractivity contribution in [2.75, 3.05) is 13.2 Å². The fourth-order valence-electron chi connectivity index (χ4n) is 1.93. The van der Waals surface area contributed by atoms with Gasteiger partial charge >= 0.3 is 0 Å². The van der Waals surface area contributed by atoms with Crippen LogP contribution in [0.15, 0.2) is 32.3 Å². The van der Waals surface area contributed by atoms with Crippen molar-refractivity contribution in [3.63, 3.8) is 0 Å². The number of aliphatic hydroxyl groups excluding tert-OH is 1. The van der Waals surface area contributed by atoms with Gasteiger partial charge in [0.05, 0.1) is 22.5 Å². The van der Waals surface area contributed by atoms with Crippen molar-refractivity contribution in [3.8, 4) is 0 Å². The Morgan fingerprint density at radius 1 is 1.44 bits per heavy atom. The molecule has 0 saturated heterocycles. The zero-order valence-electron chi connectivity index (χ0n) is 12.8. The van der Waals surface area contributed by atoms with Crippen LogP contribution in [0.1, 0.15) is 17.8 Å². The molecule has 9 nitrogen and oxygen atoms in total. The molecule has 0 amide bonds. The van der Waals surface area contributed by atoms with Gasteiger partial charge < -0.3 is 5.11 Å². The lowest BCUT2D eigenvalue weighted by atomic mass is 10.1. The van der Waals surface area contributed by atoms with E-state index >= 15 is 0 Å². The summed E-state index contributed by atoms with van der Waals surface area (Å²) in [4.78, 5) is 4.23. The zero-order valence-corrected chi connectivity index (χ0v) is 15.2. The number of halogens is 2. The molecule has 0 spiro atoms. The fourth-order valence-corrected chi connectivity index (χ4v) is 2.73. The molecule has 1 aromatic heterocycles. The number of aliphatic hydroxyl groups is 1. The van der Waals surface area contributed by atoms with Crippen LogP contribution in [0, 0.1) is 5.82 Å². The van der Waals surface area contributed by atoms with Crippen LogP contribution in [-0.2, 0) is 16.6 Å². The van der Waals surface area contributed by atoms with E-state index in [9.17, 15) is 17.9 Å². The fraction of sp³-hybridized carbons (Fsp3) is 0.308. The summed E-state index contributed by atoms with van der Waals surface area (Å²) in [7, 11) is -3.75. The molecule has 0 aliphatic heterocycles. The van der Waals surface area contributed by atoms with Gasteiger partial charge in [-0.3, -0.25) is 0 Å². The van der Waals surface area contributed by atoms with Crippen LogP contribution >= 0.6 is 15.9 Å². The van der Waals surface area contributed by atoms with Gasteiger partial charge in [-0.15, -0.1) is 0 Å². The average Bonchev–Trinajstić information content (AvgIpc) is 3.00. The van der Waals surface area contributed by atoms with Crippen molar-refractivity contribution in [1.29, 1.82) is 0 Å². The molecule has 0 bridgehead atoms. The van der Waals surface area contributed by atoms with Crippen LogP contribution in [0.3, 0.4) is 0 Å². The first-order chi connectivity index (χ1) is 11.8. The Bertz CT molecular complexity index is 871. The van der Waals surface area contributed by atoms with Crippen LogP contribution in [0.4, 0.5) is 10.1 Å². The van der Waals surface area contributed by atoms with Crippen molar-refractivity contribution >= 4 is 37.5 Å². The molecule has 0 aliphatic rings. The van der Waals surface area contributed by atoms with Crippen LogP contribution in [0.25, 0.3) is 0 Å². The van der Waals surface area contributed by atoms with Crippen molar-refractivity contribution in [2.45, 2.75) is 12.8 Å². The number of aliphatic imine (C=N–C) groups is 1. The van der Waals surface area contributed by atoms with E-state index in [1.54, 1.807) is 0 Å². The molecule has 0 saturated carbocycles. The minimum Gasteiger partial charge on any atom is -0.390 e. The minimum absolute atomic E-state index is 0.113. The number of hydrogen-bond donors (Lipinski definition) is 3. The number of aryl methyl sites for hydroxylation is 1. The van der Waals surface area contributed by atoms with E-state index in [1.165, 1.54) is 18.2 Å². The van der Waals surface area contributed by atoms with Crippen molar-refractivity contribution in [1.82, 2.24) is 15.0 Å². The quantitative estimate of drug-likeness (QED) is 0.413. The monoisotopic (exact) mass is 435 g/mol. The van der Waals surface area contributed by atoms with Gasteiger partial charge in [-0.2, -0.15) is 8.42 Å². The van der Waals surface area contributed by atoms with Gasteiger partial charge in [0.15, 0.2) is 5.69 Å². The molecule has 0 unspecified atom stereocenters. The van der Waals surface area contributed by atoms with Crippen molar-refractivity contribution < 1.29 is 22.5 Å². The Morgan fingerprint density at radius 3 is 2.84 bits per heavy atom. The highest BCUT2D eigenvalue weighted by atomic mass is 79.9. The largest absolute Gasteiger partial charge is 0.390 e. The minimum atomic E-state index is -3.75. The molecule has 0 fully saturated rings. The number of hydrogen-bond acceptors (Lipinski definition) is 7. The van der Waals surface area contributed by atoms with E-state index in [4.69, 9.17) is 5.14 Å². The third kappa shape index (κ3) is 5.93. The van der Waals surface area contributed by atoms with E-state index in [-0.39, 0.29) is 22.4 Å². The summed E-state index contributed by atoms with van der Waals surface area (Å²) < 4.78 is 42.0. The van der Waals surface area contributed by atoms with Gasteiger partial charge in [-0.25, -0.2) is 23.9 Å². The summed E-state index contributed by atoms with van der Waals surface area (Å²) in [5, 5.41) is 21.8. The number of nitrogens with zero attached hydrogens (tertiary/aromatic N) is 3. The standard InChI is InChI=1S/C13H15BrFN5O4S/c14-9-6-8(3-4-10(9)15)18-12(7-21)13-11(19-24-20-13)2-1-5-17-25(16,22)23/h3-4,6,17,21H,1-2,5,7H2,(H2,16,22,23). The first kappa shape index (κ1) is 19.6. The van der Waals surface area contributed by atoms with Gasteiger partial charge in [0.2, 0.25) is 0 Å². The summed E-state index contributed by atoms with van der Waals surface area (Å²) in [5.74, 6) is -0.435. The van der Waals surface area contributed by atoms with E-state index in [2.05, 4.69) is 40.6 Å². The van der Waals surface area contributed by atoms with Gasteiger partial charge in [-0.1, -0.05) is 5.16 Å². The molecule has 2 aromatic rings. The first-order valence-corrected chi connectivity index (χ1v) is 9.36. The van der Waals surface area contributed by atoms with Crippen LogP contribution in [0.5, 0.6) is 0 Å². The Morgan fingerprint density at radius 2 is 2.20 bits per heavy atom. The topological polar surface area (TPSA) is 144 Å². The van der Waals surface area contributed by atoms with E-state index in [0.717, 1.165) is 0 Å². The number of rotatable bonds is 8. The highest BCUT2D eigenvalue weighted by Crippen LogP contribution is 2.23. The lowest BCUT2D eigenvalue weighted by Gasteiger charge is -2.04. The smallest absolute Gasteiger partial charge is 0.274 e. The Kier molecular flexibility index (Phi) is 6.72. The van der Waals surface area contributed by atoms with Crippen molar-refractivity contribution in [2.24, 2.45) is 10.1 Å². The number of aromatic nitrogens is 2. The number of benzene rings is 1. The second-order valence-electron chi connectivity index (χ2n) is 4.92. The summed E-state index contributed by atoms with van der Waals surface area (Å²) in [5.41, 5.74) is 1.25. The molecule has 136 valence electrons. The molecular weight excluding hydrogens is 421 g/mol. The summed E-state index contributed by atoms with van der Waals surface area (Å²) >= 11 is 3.06. The van der Waals surface area contributed by atoms with Gasteiger partial charge in [0.25, 0.3) is 10.2 Å². The highest BCUT2D eigenvalue weighted by Gasteiger charge is 2.16. The zero-order chi connectivity index (χ0) is 18.4.